The van der Waals surface area contributed by atoms with Gasteiger partial charge in [0, 0.05) is 14.1 Å². The number of nitrogens with zero attached hydrogens (tertiary/aromatic N) is 1. The van der Waals surface area contributed by atoms with E-state index in [1.54, 1.807) is 6.92 Å². The lowest BCUT2D eigenvalue weighted by Gasteiger charge is -2.20. The van der Waals surface area contributed by atoms with Crippen LogP contribution >= 0.6 is 0 Å². The maximum absolute atomic E-state index is 12.9. The van der Waals surface area contributed by atoms with Crippen LogP contribution in [0.15, 0.2) is 6.07 Å². The Labute approximate surface area is 180 Å². The first kappa shape index (κ1) is 25.6. The lowest BCUT2D eigenvalue weighted by atomic mass is 9.90. The molecule has 0 unspecified atom stereocenters. The molecule has 0 aliphatic heterocycles. The molecule has 0 saturated carbocycles. The number of carbonyl (C=O) groups is 5. The number of carbonyl (C=O) groups excluding carboxylic acids is 5. The quantitative estimate of drug-likeness (QED) is 0.422. The summed E-state index contributed by atoms with van der Waals surface area (Å²) in [5, 5.41) is 0. The van der Waals surface area contributed by atoms with Crippen LogP contribution in [0.2, 0.25) is 0 Å². The summed E-state index contributed by atoms with van der Waals surface area (Å²) >= 11 is 0. The predicted molar refractivity (Wildman–Crippen MR) is 108 cm³/mol. The summed E-state index contributed by atoms with van der Waals surface area (Å²) in [4.78, 5) is 65.0. The lowest BCUT2D eigenvalue weighted by Crippen LogP contribution is -2.30. The van der Waals surface area contributed by atoms with Crippen LogP contribution in [0.3, 0.4) is 0 Å². The molecule has 0 spiro atoms. The topological polar surface area (TPSA) is 126 Å². The number of rotatable bonds is 9. The van der Waals surface area contributed by atoms with Gasteiger partial charge in [0.15, 0.2) is 0 Å². The Balaban J connectivity index is 4.19. The number of hydrogen-bond donors (Lipinski definition) is 0. The third-order valence-electron chi connectivity index (χ3n) is 3.90. The zero-order valence-corrected chi connectivity index (χ0v) is 18.5. The van der Waals surface area contributed by atoms with Crippen LogP contribution in [-0.2, 0) is 18.9 Å². The van der Waals surface area contributed by atoms with Crippen LogP contribution in [0.4, 0.5) is 0 Å². The molecule has 1 rings (SSSR count). The highest BCUT2D eigenvalue weighted by atomic mass is 16.5. The summed E-state index contributed by atoms with van der Waals surface area (Å²) in [7, 11) is 2.84. The summed E-state index contributed by atoms with van der Waals surface area (Å²) < 4.78 is 20.0. The molecule has 1 aromatic carbocycles. The molecule has 1 amide bonds. The maximum atomic E-state index is 12.9. The van der Waals surface area contributed by atoms with Gasteiger partial charge in [-0.25, -0.2) is 19.2 Å². The minimum absolute atomic E-state index is 0.0353. The van der Waals surface area contributed by atoms with Crippen LogP contribution in [0.1, 0.15) is 79.5 Å². The fourth-order valence-electron chi connectivity index (χ4n) is 2.70. The molecular formula is C21H27NO9. The first-order chi connectivity index (χ1) is 14.7. The Morgan fingerprint density at radius 1 is 0.613 bits per heavy atom. The van der Waals surface area contributed by atoms with Gasteiger partial charge >= 0.3 is 23.9 Å². The zero-order valence-electron chi connectivity index (χ0n) is 18.5. The van der Waals surface area contributed by atoms with Crippen molar-refractivity contribution in [3.63, 3.8) is 0 Å². The second-order valence-electron chi connectivity index (χ2n) is 6.18. The summed E-state index contributed by atoms with van der Waals surface area (Å²) in [5.41, 5.74) is -2.33. The van der Waals surface area contributed by atoms with E-state index in [-0.39, 0.29) is 32.0 Å². The number of hydrogen-bond acceptors (Lipinski definition) is 9. The fraction of sp³-hybridized carbons (Fsp3) is 0.476. The van der Waals surface area contributed by atoms with E-state index >= 15 is 0 Å². The van der Waals surface area contributed by atoms with Crippen molar-refractivity contribution >= 4 is 29.8 Å². The average Bonchev–Trinajstić information content (AvgIpc) is 2.72. The van der Waals surface area contributed by atoms with Crippen molar-refractivity contribution in [2.24, 2.45) is 0 Å². The Morgan fingerprint density at radius 3 is 1.35 bits per heavy atom. The Kier molecular flexibility index (Phi) is 9.65. The minimum atomic E-state index is -1.09. The molecule has 31 heavy (non-hydrogen) atoms. The molecule has 0 fully saturated rings. The molecule has 0 heterocycles. The van der Waals surface area contributed by atoms with E-state index in [9.17, 15) is 24.0 Å². The largest absolute Gasteiger partial charge is 0.462 e. The highest BCUT2D eigenvalue weighted by Gasteiger charge is 2.37. The van der Waals surface area contributed by atoms with Gasteiger partial charge in [-0.3, -0.25) is 4.79 Å². The molecule has 0 aliphatic rings. The van der Waals surface area contributed by atoms with Crippen LogP contribution in [-0.4, -0.2) is 75.2 Å². The first-order valence-corrected chi connectivity index (χ1v) is 9.77. The van der Waals surface area contributed by atoms with E-state index in [1.165, 1.54) is 34.9 Å². The minimum Gasteiger partial charge on any atom is -0.462 e. The van der Waals surface area contributed by atoms with Crippen LogP contribution < -0.4 is 0 Å². The molecule has 10 heteroatoms. The summed E-state index contributed by atoms with van der Waals surface area (Å²) in [6.45, 7) is 5.87. The average molecular weight is 437 g/mol. The van der Waals surface area contributed by atoms with Crippen molar-refractivity contribution in [1.29, 1.82) is 0 Å². The van der Waals surface area contributed by atoms with Crippen molar-refractivity contribution in [3.8, 4) is 0 Å². The van der Waals surface area contributed by atoms with E-state index in [0.717, 1.165) is 11.0 Å². The van der Waals surface area contributed by atoms with Crippen LogP contribution in [0, 0.1) is 0 Å². The molecule has 0 bridgehead atoms. The van der Waals surface area contributed by atoms with Gasteiger partial charge in [0.05, 0.1) is 54.2 Å². The molecule has 0 saturated heterocycles. The summed E-state index contributed by atoms with van der Waals surface area (Å²) in [5.74, 6) is -4.85. The maximum Gasteiger partial charge on any atom is 0.339 e. The van der Waals surface area contributed by atoms with Gasteiger partial charge in [-0.2, -0.15) is 0 Å². The molecule has 1 aromatic rings. The van der Waals surface area contributed by atoms with Crippen molar-refractivity contribution in [3.05, 3.63) is 33.9 Å². The van der Waals surface area contributed by atoms with Crippen molar-refractivity contribution in [1.82, 2.24) is 4.90 Å². The number of ether oxygens (including phenoxy) is 4. The lowest BCUT2D eigenvalue weighted by molar-refractivity contribution is 0.0442. The van der Waals surface area contributed by atoms with Crippen molar-refractivity contribution in [2.75, 3.05) is 40.5 Å². The third-order valence-corrected chi connectivity index (χ3v) is 3.90. The second kappa shape index (κ2) is 11.7. The van der Waals surface area contributed by atoms with Crippen molar-refractivity contribution < 1.29 is 42.9 Å². The van der Waals surface area contributed by atoms with Gasteiger partial charge in [0.1, 0.15) is 0 Å². The molecule has 0 aromatic heterocycles. The molecule has 0 atom stereocenters. The zero-order chi connectivity index (χ0) is 23.7. The van der Waals surface area contributed by atoms with Gasteiger partial charge < -0.3 is 23.8 Å². The van der Waals surface area contributed by atoms with E-state index in [1.807, 2.05) is 0 Å². The highest BCUT2D eigenvalue weighted by Crippen LogP contribution is 2.28. The van der Waals surface area contributed by atoms with Gasteiger partial charge in [0.25, 0.3) is 5.91 Å². The molecule has 170 valence electrons. The monoisotopic (exact) mass is 437 g/mol. The first-order valence-electron chi connectivity index (χ1n) is 9.77. The smallest absolute Gasteiger partial charge is 0.339 e. The van der Waals surface area contributed by atoms with Crippen molar-refractivity contribution in [2.45, 2.75) is 27.7 Å². The van der Waals surface area contributed by atoms with E-state index in [2.05, 4.69) is 0 Å². The standard InChI is InChI=1S/C21H27NO9/c1-7-28-18(24)13-11-12(17(23)22(5)6)14(19(25)29-8-2)16(21(27)31-10-4)15(13)20(26)30-9-3/h11H,7-10H2,1-6H3. The molecule has 0 aliphatic carbocycles. The van der Waals surface area contributed by atoms with Gasteiger partial charge in [-0.15, -0.1) is 0 Å². The molecule has 0 N–H and O–H groups in total. The van der Waals surface area contributed by atoms with E-state index < -0.39 is 52.0 Å². The van der Waals surface area contributed by atoms with Gasteiger partial charge in [-0.05, 0) is 33.8 Å². The Hall–Kier alpha value is -3.43. The summed E-state index contributed by atoms with van der Waals surface area (Å²) in [6, 6.07) is 1.03. The second-order valence-corrected chi connectivity index (χ2v) is 6.18. The SMILES string of the molecule is CCOC(=O)c1cc(C(=O)N(C)C)c(C(=O)OCC)c(C(=O)OCC)c1C(=O)OCC. The highest BCUT2D eigenvalue weighted by molar-refractivity contribution is 6.19. The van der Waals surface area contributed by atoms with Crippen LogP contribution in [0.25, 0.3) is 0 Å². The molecule has 10 nitrogen and oxygen atoms in total. The van der Waals surface area contributed by atoms with E-state index in [0.29, 0.717) is 0 Å². The summed E-state index contributed by atoms with van der Waals surface area (Å²) in [6.07, 6.45) is 0. The fourth-order valence-corrected chi connectivity index (χ4v) is 2.70. The normalized spacial score (nSPS) is 10.1. The molecule has 0 radical (unpaired) electrons. The number of benzene rings is 1. The third kappa shape index (κ3) is 5.80. The Morgan fingerprint density at radius 2 is 0.968 bits per heavy atom. The van der Waals surface area contributed by atoms with Gasteiger partial charge in [0.2, 0.25) is 0 Å². The number of esters is 4. The molecular weight excluding hydrogens is 410 g/mol. The van der Waals surface area contributed by atoms with Gasteiger partial charge in [-0.1, -0.05) is 0 Å². The van der Waals surface area contributed by atoms with Crippen LogP contribution in [0.5, 0.6) is 0 Å². The number of amides is 1. The Bertz CT molecular complexity index is 874. The van der Waals surface area contributed by atoms with E-state index in [4.69, 9.17) is 18.9 Å². The predicted octanol–water partition coefficient (Wildman–Crippen LogP) is 2.10.